The number of aryl methyl sites for hydroxylation is 2. The van der Waals surface area contributed by atoms with Crippen LogP contribution >= 0.6 is 11.3 Å². The lowest BCUT2D eigenvalue weighted by molar-refractivity contribution is -0.138. The van der Waals surface area contributed by atoms with Gasteiger partial charge in [-0.05, 0) is 37.6 Å². The van der Waals surface area contributed by atoms with Crippen molar-refractivity contribution >= 4 is 28.1 Å². The summed E-state index contributed by atoms with van der Waals surface area (Å²) in [7, 11) is 0. The smallest absolute Gasteiger partial charge is 0.416 e. The van der Waals surface area contributed by atoms with Gasteiger partial charge in [0.25, 0.3) is 0 Å². The van der Waals surface area contributed by atoms with Crippen LogP contribution in [0.4, 0.5) is 24.0 Å². The summed E-state index contributed by atoms with van der Waals surface area (Å²) in [4.78, 5) is 16.3. The van der Waals surface area contributed by atoms with E-state index in [4.69, 9.17) is 0 Å². The first kappa shape index (κ1) is 19.9. The molecule has 2 N–H and O–H groups in total. The molecule has 146 valence electrons. The second-order valence-electron chi connectivity index (χ2n) is 6.38. The summed E-state index contributed by atoms with van der Waals surface area (Å²) in [5, 5.41) is 12.4. The fraction of sp³-hybridized carbons (Fsp3) is 0.200. The van der Waals surface area contributed by atoms with Gasteiger partial charge in [-0.3, -0.25) is 4.79 Å². The lowest BCUT2D eigenvalue weighted by atomic mass is 10.0. The minimum absolute atomic E-state index is 0.218. The zero-order valence-corrected chi connectivity index (χ0v) is 15.9. The summed E-state index contributed by atoms with van der Waals surface area (Å²) in [6, 6.07) is 10.6. The van der Waals surface area contributed by atoms with Crippen molar-refractivity contribution < 1.29 is 23.1 Å². The van der Waals surface area contributed by atoms with Crippen LogP contribution in [0.25, 0.3) is 11.3 Å². The maximum atomic E-state index is 12.9. The average Bonchev–Trinajstić information content (AvgIpc) is 2.95. The highest BCUT2D eigenvalue weighted by atomic mass is 32.1. The maximum Gasteiger partial charge on any atom is 0.416 e. The molecule has 0 atom stereocenters. The summed E-state index contributed by atoms with van der Waals surface area (Å²) >= 11 is 1.12. The fourth-order valence-corrected chi connectivity index (χ4v) is 3.84. The molecule has 0 spiro atoms. The molecule has 0 aliphatic carbocycles. The van der Waals surface area contributed by atoms with Gasteiger partial charge in [0.15, 0.2) is 5.13 Å². The summed E-state index contributed by atoms with van der Waals surface area (Å²) in [6.07, 6.45) is -4.66. The number of halogens is 3. The largest absolute Gasteiger partial charge is 0.481 e. The molecule has 0 bridgehead atoms. The third kappa shape index (κ3) is 4.51. The summed E-state index contributed by atoms with van der Waals surface area (Å²) in [5.74, 6) is -1.000. The quantitative estimate of drug-likeness (QED) is 0.561. The highest BCUT2D eigenvalue weighted by Gasteiger charge is 2.30. The van der Waals surface area contributed by atoms with E-state index in [9.17, 15) is 23.1 Å². The van der Waals surface area contributed by atoms with Gasteiger partial charge >= 0.3 is 12.1 Å². The van der Waals surface area contributed by atoms with Crippen molar-refractivity contribution in [1.82, 2.24) is 4.98 Å². The normalized spacial score (nSPS) is 11.5. The second kappa shape index (κ2) is 7.63. The Morgan fingerprint density at radius 2 is 1.93 bits per heavy atom. The zero-order chi connectivity index (χ0) is 20.5. The molecule has 0 unspecified atom stereocenters. The molecule has 1 heterocycles. The molecule has 3 aromatic rings. The highest BCUT2D eigenvalue weighted by Crippen LogP contribution is 2.36. The molecule has 3 rings (SSSR count). The Labute approximate surface area is 163 Å². The molecule has 28 heavy (non-hydrogen) atoms. The number of nitrogens with zero attached hydrogens (tertiary/aromatic N) is 1. The lowest BCUT2D eigenvalue weighted by Crippen LogP contribution is -2.05. The predicted molar refractivity (Wildman–Crippen MR) is 103 cm³/mol. The van der Waals surface area contributed by atoms with E-state index in [2.05, 4.69) is 10.3 Å². The lowest BCUT2D eigenvalue weighted by Gasteiger charge is -2.09. The number of aliphatic carboxylic acids is 1. The van der Waals surface area contributed by atoms with Gasteiger partial charge in [0.2, 0.25) is 0 Å². The Hall–Kier alpha value is -2.87. The van der Waals surface area contributed by atoms with Crippen LogP contribution in [0.2, 0.25) is 0 Å². The first-order chi connectivity index (χ1) is 13.1. The summed E-state index contributed by atoms with van der Waals surface area (Å²) < 4.78 is 38.7. The van der Waals surface area contributed by atoms with Gasteiger partial charge in [0.05, 0.1) is 17.7 Å². The third-order valence-electron chi connectivity index (χ3n) is 4.09. The summed E-state index contributed by atoms with van der Waals surface area (Å²) in [5.41, 5.74) is 2.81. The van der Waals surface area contributed by atoms with Gasteiger partial charge in [0.1, 0.15) is 0 Å². The molecule has 0 radical (unpaired) electrons. The van der Waals surface area contributed by atoms with Gasteiger partial charge in [-0.2, -0.15) is 13.2 Å². The minimum Gasteiger partial charge on any atom is -0.481 e. The van der Waals surface area contributed by atoms with Crippen molar-refractivity contribution in [3.8, 4) is 11.3 Å². The number of hydrogen-bond donors (Lipinski definition) is 2. The van der Waals surface area contributed by atoms with Crippen molar-refractivity contribution in [1.29, 1.82) is 0 Å². The standard InChI is InChI=1S/C20H17F3N2O2S/c1-11-6-7-15(12(2)8-11)18-16(10-17(26)27)28-19(25-18)24-14-5-3-4-13(9-14)20(21,22)23/h3-9H,10H2,1-2H3,(H,24,25)(H,26,27). The van der Waals surface area contributed by atoms with E-state index in [-0.39, 0.29) is 12.1 Å². The number of carboxylic acid groups (broad SMARTS) is 1. The van der Waals surface area contributed by atoms with Gasteiger partial charge in [0, 0.05) is 16.1 Å². The summed E-state index contributed by atoms with van der Waals surface area (Å²) in [6.45, 7) is 3.86. The van der Waals surface area contributed by atoms with Crippen LogP contribution in [0.5, 0.6) is 0 Å². The minimum atomic E-state index is -4.45. The number of alkyl halides is 3. The van der Waals surface area contributed by atoms with Crippen molar-refractivity contribution in [2.24, 2.45) is 0 Å². The number of rotatable bonds is 5. The Balaban J connectivity index is 1.99. The Kier molecular flexibility index (Phi) is 5.42. The van der Waals surface area contributed by atoms with Crippen molar-refractivity contribution in [3.05, 3.63) is 64.0 Å². The van der Waals surface area contributed by atoms with E-state index in [0.717, 1.165) is 40.2 Å². The molecule has 0 amide bonds. The van der Waals surface area contributed by atoms with Crippen LogP contribution in [-0.2, 0) is 17.4 Å². The molecule has 2 aromatic carbocycles. The molecular formula is C20H17F3N2O2S. The number of carboxylic acids is 1. The molecule has 0 saturated heterocycles. The number of anilines is 2. The molecule has 0 aliphatic heterocycles. The molecule has 4 nitrogen and oxygen atoms in total. The molecule has 1 aromatic heterocycles. The van der Waals surface area contributed by atoms with Gasteiger partial charge in [-0.25, -0.2) is 4.98 Å². The number of benzene rings is 2. The van der Waals surface area contributed by atoms with Gasteiger partial charge in [-0.1, -0.05) is 29.8 Å². The second-order valence-corrected chi connectivity index (χ2v) is 7.47. The number of thiazole rings is 1. The van der Waals surface area contributed by atoms with Gasteiger partial charge in [-0.15, -0.1) is 11.3 Å². The number of nitrogens with one attached hydrogen (secondary N) is 1. The van der Waals surface area contributed by atoms with Crippen molar-refractivity contribution in [3.63, 3.8) is 0 Å². The third-order valence-corrected chi connectivity index (χ3v) is 5.06. The predicted octanol–water partition coefficient (Wildman–Crippen LogP) is 5.82. The van der Waals surface area contributed by atoms with Crippen LogP contribution in [0.3, 0.4) is 0 Å². The topological polar surface area (TPSA) is 62.2 Å². The van der Waals surface area contributed by atoms with Gasteiger partial charge < -0.3 is 10.4 Å². The van der Waals surface area contributed by atoms with E-state index in [1.807, 2.05) is 32.0 Å². The van der Waals surface area contributed by atoms with E-state index < -0.39 is 17.7 Å². The highest BCUT2D eigenvalue weighted by molar-refractivity contribution is 7.16. The van der Waals surface area contributed by atoms with E-state index >= 15 is 0 Å². The molecule has 0 saturated carbocycles. The molecule has 8 heteroatoms. The molecule has 0 fully saturated rings. The number of carbonyl (C=O) groups is 1. The first-order valence-electron chi connectivity index (χ1n) is 8.37. The van der Waals surface area contributed by atoms with Crippen LogP contribution in [0, 0.1) is 13.8 Å². The van der Waals surface area contributed by atoms with Crippen LogP contribution in [-0.4, -0.2) is 16.1 Å². The van der Waals surface area contributed by atoms with Crippen LogP contribution in [0.15, 0.2) is 42.5 Å². The average molecular weight is 406 g/mol. The van der Waals surface area contributed by atoms with Crippen LogP contribution in [0.1, 0.15) is 21.6 Å². The van der Waals surface area contributed by atoms with Crippen LogP contribution < -0.4 is 5.32 Å². The Morgan fingerprint density at radius 3 is 2.57 bits per heavy atom. The van der Waals surface area contributed by atoms with E-state index in [1.54, 1.807) is 0 Å². The van der Waals surface area contributed by atoms with Crippen molar-refractivity contribution in [2.45, 2.75) is 26.4 Å². The zero-order valence-electron chi connectivity index (χ0n) is 15.1. The molecule has 0 aliphatic rings. The maximum absolute atomic E-state index is 12.9. The number of hydrogen-bond acceptors (Lipinski definition) is 4. The Bertz CT molecular complexity index is 1030. The molecular weight excluding hydrogens is 389 g/mol. The van der Waals surface area contributed by atoms with E-state index in [1.165, 1.54) is 12.1 Å². The first-order valence-corrected chi connectivity index (χ1v) is 9.18. The Morgan fingerprint density at radius 1 is 1.18 bits per heavy atom. The van der Waals surface area contributed by atoms with E-state index in [0.29, 0.717) is 15.7 Å². The van der Waals surface area contributed by atoms with Crippen molar-refractivity contribution in [2.75, 3.05) is 5.32 Å². The fourth-order valence-electron chi connectivity index (χ4n) is 2.85. The number of aromatic nitrogens is 1. The monoisotopic (exact) mass is 406 g/mol. The SMILES string of the molecule is Cc1ccc(-c2nc(Nc3cccc(C(F)(F)F)c3)sc2CC(=O)O)c(C)c1.